The Balaban J connectivity index is 1.72. The van der Waals surface area contributed by atoms with Gasteiger partial charge in [0.15, 0.2) is 5.94 Å². The molecule has 3 aromatic rings. The van der Waals surface area contributed by atoms with Crippen LogP contribution in [0.5, 0.6) is 5.75 Å². The second-order valence-corrected chi connectivity index (χ2v) is 6.35. The van der Waals surface area contributed by atoms with E-state index in [2.05, 4.69) is 0 Å². The number of esters is 1. The zero-order chi connectivity index (χ0) is 19.0. The maximum Gasteiger partial charge on any atom is 0.313 e. The third-order valence-corrected chi connectivity index (χ3v) is 4.76. The molecule has 1 aliphatic rings. The molecule has 2 heterocycles. The Kier molecular flexibility index (Phi) is 4.28. The number of para-hydroxylation sites is 1. The average molecular weight is 362 g/mol. The van der Waals surface area contributed by atoms with Crippen LogP contribution in [-0.2, 0) is 14.4 Å². The van der Waals surface area contributed by atoms with Gasteiger partial charge in [-0.25, -0.2) is 9.86 Å². The van der Waals surface area contributed by atoms with Gasteiger partial charge in [0.1, 0.15) is 11.8 Å². The number of benzene rings is 2. The standard InChI is InChI=1S/C21H18N2O4/c1-14-7-6-10-17-16(14)11-18-19(23(26-2)20(13-24)22(17)18)12-21(25)27-15-8-4-3-5-9-15/h3-11,19H,12H2,1-2H3. The molecule has 0 spiro atoms. The van der Waals surface area contributed by atoms with Crippen LogP contribution in [0, 0.1) is 6.92 Å². The first-order valence-corrected chi connectivity index (χ1v) is 8.59. The highest BCUT2D eigenvalue weighted by atomic mass is 16.7. The molecule has 27 heavy (non-hydrogen) atoms. The smallest absolute Gasteiger partial charge is 0.313 e. The number of carbonyl (C=O) groups is 1. The quantitative estimate of drug-likeness (QED) is 0.404. The minimum Gasteiger partial charge on any atom is -0.426 e. The maximum atomic E-state index is 12.5. The second kappa shape index (κ2) is 6.76. The first-order valence-electron chi connectivity index (χ1n) is 8.59. The molecule has 0 saturated carbocycles. The number of rotatable bonds is 4. The van der Waals surface area contributed by atoms with Crippen LogP contribution in [0.4, 0.5) is 0 Å². The van der Waals surface area contributed by atoms with Crippen molar-refractivity contribution in [2.45, 2.75) is 19.4 Å². The maximum absolute atomic E-state index is 12.5. The molecule has 0 amide bonds. The van der Waals surface area contributed by atoms with Crippen LogP contribution in [0.1, 0.15) is 23.7 Å². The SMILES string of the molecule is CON1C(=C=O)n2c(cc3c(C)cccc32)C1CC(=O)Oc1ccccc1. The summed E-state index contributed by atoms with van der Waals surface area (Å²) in [6, 6.07) is 16.3. The normalized spacial score (nSPS) is 15.7. The summed E-state index contributed by atoms with van der Waals surface area (Å²) in [6.45, 7) is 2.01. The van der Waals surface area contributed by atoms with Crippen molar-refractivity contribution in [3.8, 4) is 5.75 Å². The van der Waals surface area contributed by atoms with Crippen LogP contribution < -0.4 is 4.74 Å². The van der Waals surface area contributed by atoms with Gasteiger partial charge in [-0.15, -0.1) is 0 Å². The van der Waals surface area contributed by atoms with Gasteiger partial charge in [-0.05, 0) is 36.8 Å². The molecular weight excluding hydrogens is 344 g/mol. The van der Waals surface area contributed by atoms with E-state index in [1.54, 1.807) is 28.8 Å². The highest BCUT2D eigenvalue weighted by Crippen LogP contribution is 2.42. The topological polar surface area (TPSA) is 60.8 Å². The lowest BCUT2D eigenvalue weighted by atomic mass is 10.1. The average Bonchev–Trinajstić information content (AvgIpc) is 3.18. The first kappa shape index (κ1) is 17.1. The lowest BCUT2D eigenvalue weighted by molar-refractivity contribution is -0.143. The van der Waals surface area contributed by atoms with Crippen molar-refractivity contribution in [1.29, 1.82) is 0 Å². The summed E-state index contributed by atoms with van der Waals surface area (Å²) in [6.07, 6.45) is 0.0310. The lowest BCUT2D eigenvalue weighted by Gasteiger charge is -2.22. The van der Waals surface area contributed by atoms with E-state index >= 15 is 0 Å². The Labute approximate surface area is 156 Å². The predicted molar refractivity (Wildman–Crippen MR) is 100 cm³/mol. The number of aromatic nitrogens is 1. The monoisotopic (exact) mass is 362 g/mol. The molecule has 0 radical (unpaired) electrons. The molecule has 0 aliphatic carbocycles. The number of ether oxygens (including phenoxy) is 1. The van der Waals surface area contributed by atoms with E-state index < -0.39 is 12.0 Å². The van der Waals surface area contributed by atoms with Gasteiger partial charge in [0.25, 0.3) is 0 Å². The molecule has 1 aromatic heterocycles. The lowest BCUT2D eigenvalue weighted by Crippen LogP contribution is -2.25. The van der Waals surface area contributed by atoms with E-state index in [0.717, 1.165) is 22.2 Å². The number of fused-ring (bicyclic) bond motifs is 3. The van der Waals surface area contributed by atoms with Crippen LogP contribution in [0.25, 0.3) is 16.7 Å². The zero-order valence-corrected chi connectivity index (χ0v) is 15.0. The Hall–Kier alpha value is -3.34. The summed E-state index contributed by atoms with van der Waals surface area (Å²) in [4.78, 5) is 29.6. The molecule has 6 nitrogen and oxygen atoms in total. The molecular formula is C21H18N2O4. The van der Waals surface area contributed by atoms with Gasteiger partial charge in [-0.3, -0.25) is 14.2 Å². The number of hydroxylamine groups is 2. The van der Waals surface area contributed by atoms with E-state index in [4.69, 9.17) is 9.57 Å². The zero-order valence-electron chi connectivity index (χ0n) is 15.0. The van der Waals surface area contributed by atoms with Crippen LogP contribution in [0.2, 0.25) is 0 Å². The van der Waals surface area contributed by atoms with E-state index in [1.807, 2.05) is 43.2 Å². The summed E-state index contributed by atoms with van der Waals surface area (Å²) >= 11 is 0. The molecule has 6 heteroatoms. The van der Waals surface area contributed by atoms with Crippen LogP contribution in [-0.4, -0.2) is 28.7 Å². The molecule has 0 saturated heterocycles. The second-order valence-electron chi connectivity index (χ2n) is 6.35. The molecule has 0 N–H and O–H groups in total. The van der Waals surface area contributed by atoms with E-state index in [9.17, 15) is 9.59 Å². The largest absolute Gasteiger partial charge is 0.426 e. The van der Waals surface area contributed by atoms with Crippen molar-refractivity contribution in [1.82, 2.24) is 9.63 Å². The van der Waals surface area contributed by atoms with Crippen molar-refractivity contribution in [2.24, 2.45) is 0 Å². The minimum atomic E-state index is -0.477. The van der Waals surface area contributed by atoms with Gasteiger partial charge in [0.05, 0.1) is 24.7 Å². The predicted octanol–water partition coefficient (Wildman–Crippen LogP) is 3.49. The molecule has 2 aromatic carbocycles. The fraction of sp³-hybridized carbons (Fsp3) is 0.190. The van der Waals surface area contributed by atoms with Crippen LogP contribution in [0.15, 0.2) is 54.6 Å². The van der Waals surface area contributed by atoms with E-state index in [0.29, 0.717) is 5.75 Å². The van der Waals surface area contributed by atoms with Gasteiger partial charge in [0.2, 0.25) is 5.82 Å². The van der Waals surface area contributed by atoms with Crippen LogP contribution >= 0.6 is 0 Å². The number of hydrogen-bond donors (Lipinski definition) is 0. The third-order valence-electron chi connectivity index (χ3n) is 4.76. The van der Waals surface area contributed by atoms with Gasteiger partial charge in [-0.2, -0.15) is 0 Å². The summed E-state index contributed by atoms with van der Waals surface area (Å²) in [5, 5.41) is 2.44. The fourth-order valence-corrected chi connectivity index (χ4v) is 3.56. The Morgan fingerprint density at radius 2 is 1.93 bits per heavy atom. The van der Waals surface area contributed by atoms with Crippen molar-refractivity contribution in [2.75, 3.05) is 7.11 Å². The fourth-order valence-electron chi connectivity index (χ4n) is 3.56. The highest BCUT2D eigenvalue weighted by molar-refractivity contribution is 5.93. The minimum absolute atomic E-state index is 0.0310. The van der Waals surface area contributed by atoms with Crippen molar-refractivity contribution in [3.05, 3.63) is 65.9 Å². The molecule has 1 atom stereocenters. The molecule has 136 valence electrons. The van der Waals surface area contributed by atoms with Gasteiger partial charge < -0.3 is 4.74 Å². The molecule has 0 fully saturated rings. The Morgan fingerprint density at radius 1 is 1.15 bits per heavy atom. The van der Waals surface area contributed by atoms with Crippen molar-refractivity contribution < 1.29 is 19.2 Å². The molecule has 0 bridgehead atoms. The molecule has 1 unspecified atom stereocenters. The Morgan fingerprint density at radius 3 is 2.63 bits per heavy atom. The van der Waals surface area contributed by atoms with Gasteiger partial charge >= 0.3 is 5.97 Å². The number of carbonyl (C=O) groups excluding carboxylic acids is 2. The number of aryl methyl sites for hydroxylation is 1. The third kappa shape index (κ3) is 2.81. The summed E-state index contributed by atoms with van der Waals surface area (Å²) in [5.41, 5.74) is 2.77. The van der Waals surface area contributed by atoms with E-state index in [1.165, 1.54) is 12.2 Å². The molecule has 4 rings (SSSR count). The Bertz CT molecular complexity index is 1060. The number of hydrogen-bond acceptors (Lipinski definition) is 5. The van der Waals surface area contributed by atoms with Crippen molar-refractivity contribution in [3.63, 3.8) is 0 Å². The van der Waals surface area contributed by atoms with Crippen LogP contribution in [0.3, 0.4) is 0 Å². The first-order chi connectivity index (χ1) is 13.1. The number of nitrogens with zero attached hydrogens (tertiary/aromatic N) is 2. The summed E-state index contributed by atoms with van der Waals surface area (Å²) < 4.78 is 7.20. The van der Waals surface area contributed by atoms with E-state index in [-0.39, 0.29) is 12.2 Å². The molecule has 1 aliphatic heterocycles. The summed E-state index contributed by atoms with van der Waals surface area (Å²) in [5.74, 6) is 2.25. The summed E-state index contributed by atoms with van der Waals surface area (Å²) in [7, 11) is 1.47. The highest BCUT2D eigenvalue weighted by Gasteiger charge is 2.39. The van der Waals surface area contributed by atoms with Gasteiger partial charge in [0, 0.05) is 5.39 Å². The van der Waals surface area contributed by atoms with Crippen molar-refractivity contribution >= 4 is 28.6 Å². The van der Waals surface area contributed by atoms with Gasteiger partial charge in [-0.1, -0.05) is 30.3 Å².